The maximum Gasteiger partial charge on any atom is 0.314 e. The lowest BCUT2D eigenvalue weighted by molar-refractivity contribution is -0.167. The first-order chi connectivity index (χ1) is 11.9. The zero-order chi connectivity index (χ0) is 18.0. The Balaban J connectivity index is 1.63. The van der Waals surface area contributed by atoms with Gasteiger partial charge < -0.3 is 19.8 Å². The number of hydrogen-bond donors (Lipinski definition) is 2. The number of benzene rings is 1. The summed E-state index contributed by atoms with van der Waals surface area (Å²) in [5.74, 6) is -0.291. The van der Waals surface area contributed by atoms with Crippen LogP contribution in [-0.2, 0) is 9.59 Å². The topological polar surface area (TPSA) is 87.1 Å². The van der Waals surface area contributed by atoms with Gasteiger partial charge in [0.2, 0.25) is 0 Å². The molecule has 2 aliphatic rings. The summed E-state index contributed by atoms with van der Waals surface area (Å²) in [6.45, 7) is 2.25. The van der Waals surface area contributed by atoms with Crippen molar-refractivity contribution >= 4 is 11.9 Å². The minimum absolute atomic E-state index is 0.0517. The average Bonchev–Trinajstić information content (AvgIpc) is 3.40. The summed E-state index contributed by atoms with van der Waals surface area (Å²) < 4.78 is 5.52. The van der Waals surface area contributed by atoms with Gasteiger partial charge in [0, 0.05) is 13.1 Å². The van der Waals surface area contributed by atoms with Gasteiger partial charge in [0.1, 0.15) is 11.2 Å². The van der Waals surface area contributed by atoms with E-state index in [1.165, 1.54) is 4.90 Å². The van der Waals surface area contributed by atoms with Crippen LogP contribution in [0.15, 0.2) is 24.3 Å². The number of piperidine rings is 1. The number of nitrogens with zero attached hydrogens (tertiary/aromatic N) is 1. The number of hydrogen-bond acceptors (Lipinski definition) is 4. The molecule has 1 aromatic rings. The van der Waals surface area contributed by atoms with Crippen LogP contribution in [-0.4, -0.2) is 52.8 Å². The van der Waals surface area contributed by atoms with Gasteiger partial charge in [-0.3, -0.25) is 9.59 Å². The molecule has 1 aliphatic carbocycles. The van der Waals surface area contributed by atoms with Gasteiger partial charge >= 0.3 is 5.97 Å². The van der Waals surface area contributed by atoms with Crippen molar-refractivity contribution in [1.29, 1.82) is 0 Å². The third-order valence-corrected chi connectivity index (χ3v) is 5.30. The molecule has 136 valence electrons. The lowest BCUT2D eigenvalue weighted by atomic mass is 9.73. The summed E-state index contributed by atoms with van der Waals surface area (Å²) in [4.78, 5) is 25.9. The largest absolute Gasteiger partial charge is 0.484 e. The van der Waals surface area contributed by atoms with Crippen molar-refractivity contribution in [1.82, 2.24) is 4.90 Å². The smallest absolute Gasteiger partial charge is 0.314 e. The summed E-state index contributed by atoms with van der Waals surface area (Å²) in [5, 5.41) is 20.1. The predicted molar refractivity (Wildman–Crippen MR) is 91.3 cm³/mol. The minimum Gasteiger partial charge on any atom is -0.484 e. The fourth-order valence-corrected chi connectivity index (χ4v) is 3.50. The van der Waals surface area contributed by atoms with Crippen LogP contribution in [0.2, 0.25) is 0 Å². The van der Waals surface area contributed by atoms with E-state index >= 15 is 0 Å². The van der Waals surface area contributed by atoms with Crippen LogP contribution in [0.4, 0.5) is 0 Å². The van der Waals surface area contributed by atoms with Crippen LogP contribution in [0.25, 0.3) is 0 Å². The van der Waals surface area contributed by atoms with Gasteiger partial charge in [0.05, 0.1) is 6.10 Å². The molecule has 0 radical (unpaired) electrons. The van der Waals surface area contributed by atoms with Crippen LogP contribution >= 0.6 is 0 Å². The molecule has 1 amide bonds. The van der Waals surface area contributed by atoms with E-state index in [9.17, 15) is 19.8 Å². The molecule has 0 spiro atoms. The van der Waals surface area contributed by atoms with E-state index in [1.807, 2.05) is 19.1 Å². The molecule has 2 atom stereocenters. The second kappa shape index (κ2) is 7.04. The van der Waals surface area contributed by atoms with Crippen molar-refractivity contribution in [3.05, 3.63) is 29.8 Å². The highest BCUT2D eigenvalue weighted by Gasteiger charge is 2.52. The zero-order valence-electron chi connectivity index (χ0n) is 14.5. The van der Waals surface area contributed by atoms with Gasteiger partial charge in [0.15, 0.2) is 6.61 Å². The highest BCUT2D eigenvalue weighted by molar-refractivity contribution is 5.81. The number of carbonyl (C=O) groups is 2. The van der Waals surface area contributed by atoms with Crippen molar-refractivity contribution < 1.29 is 24.5 Å². The molecule has 25 heavy (non-hydrogen) atoms. The Morgan fingerprint density at radius 3 is 2.52 bits per heavy atom. The van der Waals surface area contributed by atoms with Crippen LogP contribution < -0.4 is 4.74 Å². The number of carboxylic acid groups (broad SMARTS) is 1. The number of aliphatic carboxylic acids is 1. The van der Waals surface area contributed by atoms with Crippen molar-refractivity contribution in [2.24, 2.45) is 11.3 Å². The molecule has 1 aromatic carbocycles. The van der Waals surface area contributed by atoms with Gasteiger partial charge in [-0.1, -0.05) is 30.5 Å². The Bertz CT molecular complexity index is 640. The third-order valence-electron chi connectivity index (χ3n) is 5.30. The summed E-state index contributed by atoms with van der Waals surface area (Å²) in [5.41, 5.74) is -0.145. The molecule has 2 N–H and O–H groups in total. The number of aryl methyl sites for hydroxylation is 1. The monoisotopic (exact) mass is 347 g/mol. The van der Waals surface area contributed by atoms with Crippen LogP contribution in [0.5, 0.6) is 5.75 Å². The van der Waals surface area contributed by atoms with Gasteiger partial charge in [-0.15, -0.1) is 0 Å². The standard InChI is InChI=1S/C19H25NO5/c1-13-2-6-15(7-3-13)25-11-17(22)20-9-8-16(21)19(12-20,18(23)24)10-14-4-5-14/h2-3,6-7,14,16,21H,4-5,8-12H2,1H3,(H,23,24)/t16-,19-/m0/s1. The number of rotatable bonds is 6. The number of ether oxygens (including phenoxy) is 1. The molecule has 1 heterocycles. The number of amides is 1. The van der Waals surface area contributed by atoms with Gasteiger partial charge in [-0.25, -0.2) is 0 Å². The second-order valence-electron chi connectivity index (χ2n) is 7.33. The first-order valence-corrected chi connectivity index (χ1v) is 8.79. The summed E-state index contributed by atoms with van der Waals surface area (Å²) in [7, 11) is 0. The van der Waals surface area contributed by atoms with E-state index in [0.29, 0.717) is 24.6 Å². The molecule has 3 rings (SSSR count). The first kappa shape index (κ1) is 17.7. The number of likely N-dealkylation sites (tertiary alicyclic amines) is 1. The molecule has 6 heteroatoms. The predicted octanol–water partition coefficient (Wildman–Crippen LogP) is 1.84. The average molecular weight is 347 g/mol. The molecule has 1 saturated heterocycles. The Hall–Kier alpha value is -2.08. The highest BCUT2D eigenvalue weighted by Crippen LogP contribution is 2.45. The maximum atomic E-state index is 12.5. The lowest BCUT2D eigenvalue weighted by Crippen LogP contribution is -2.58. The van der Waals surface area contributed by atoms with Crippen molar-refractivity contribution in [2.75, 3.05) is 19.7 Å². The highest BCUT2D eigenvalue weighted by atomic mass is 16.5. The Morgan fingerprint density at radius 1 is 1.24 bits per heavy atom. The third kappa shape index (κ3) is 3.95. The summed E-state index contributed by atoms with van der Waals surface area (Å²) >= 11 is 0. The summed E-state index contributed by atoms with van der Waals surface area (Å²) in [6, 6.07) is 7.42. The molecule has 6 nitrogen and oxygen atoms in total. The van der Waals surface area contributed by atoms with Gasteiger partial charge in [0.25, 0.3) is 5.91 Å². The first-order valence-electron chi connectivity index (χ1n) is 8.79. The van der Waals surface area contributed by atoms with E-state index in [0.717, 1.165) is 18.4 Å². The Labute approximate surface area is 147 Å². The normalized spacial score (nSPS) is 26.3. The number of aliphatic hydroxyl groups excluding tert-OH is 1. The van der Waals surface area contributed by atoms with Crippen molar-refractivity contribution in [2.45, 2.75) is 38.7 Å². The lowest BCUT2D eigenvalue weighted by Gasteiger charge is -2.43. The van der Waals surface area contributed by atoms with Crippen molar-refractivity contribution in [3.8, 4) is 5.75 Å². The Kier molecular flexibility index (Phi) is 4.99. The van der Waals surface area contributed by atoms with Crippen LogP contribution in [0.3, 0.4) is 0 Å². The molecular weight excluding hydrogens is 322 g/mol. The van der Waals surface area contributed by atoms with E-state index in [-0.39, 0.29) is 25.5 Å². The minimum atomic E-state index is -1.25. The molecule has 0 bridgehead atoms. The summed E-state index contributed by atoms with van der Waals surface area (Å²) in [6.07, 6.45) is 1.83. The number of aliphatic hydroxyl groups is 1. The number of carbonyl (C=O) groups excluding carboxylic acids is 1. The van der Waals surface area contributed by atoms with Gasteiger partial charge in [-0.05, 0) is 37.8 Å². The molecule has 1 saturated carbocycles. The van der Waals surface area contributed by atoms with Crippen LogP contribution in [0, 0.1) is 18.3 Å². The zero-order valence-corrected chi connectivity index (χ0v) is 14.5. The van der Waals surface area contributed by atoms with E-state index in [1.54, 1.807) is 12.1 Å². The quantitative estimate of drug-likeness (QED) is 0.820. The molecule has 0 unspecified atom stereocenters. The van der Waals surface area contributed by atoms with Gasteiger partial charge in [-0.2, -0.15) is 0 Å². The van der Waals surface area contributed by atoms with E-state index in [4.69, 9.17) is 4.74 Å². The molecule has 0 aromatic heterocycles. The second-order valence-corrected chi connectivity index (χ2v) is 7.33. The molecule has 1 aliphatic heterocycles. The van der Waals surface area contributed by atoms with E-state index < -0.39 is 17.5 Å². The fraction of sp³-hybridized carbons (Fsp3) is 0.579. The molecule has 2 fully saturated rings. The SMILES string of the molecule is Cc1ccc(OCC(=O)N2CC[C@H](O)[C@@](CC3CC3)(C(=O)O)C2)cc1. The fourth-order valence-electron chi connectivity index (χ4n) is 3.50. The maximum absolute atomic E-state index is 12.5. The van der Waals surface area contributed by atoms with Crippen molar-refractivity contribution in [3.63, 3.8) is 0 Å². The number of carboxylic acids is 1. The molecular formula is C19H25NO5. The Morgan fingerprint density at radius 2 is 1.92 bits per heavy atom. The van der Waals surface area contributed by atoms with Crippen LogP contribution in [0.1, 0.15) is 31.2 Å². The van der Waals surface area contributed by atoms with E-state index in [2.05, 4.69) is 0 Å².